The zero-order chi connectivity index (χ0) is 20.5. The zero-order valence-corrected chi connectivity index (χ0v) is 16.1. The van der Waals surface area contributed by atoms with E-state index in [1.54, 1.807) is 12.1 Å². The number of hydrogen-bond donors (Lipinski definition) is 2. The minimum atomic E-state index is -0.747. The van der Waals surface area contributed by atoms with Crippen LogP contribution in [0.3, 0.4) is 0 Å². The number of nitrogens with one attached hydrogen (secondary N) is 2. The van der Waals surface area contributed by atoms with Crippen LogP contribution in [0.4, 0.5) is 4.79 Å². The van der Waals surface area contributed by atoms with E-state index in [0.717, 1.165) is 11.1 Å². The SMILES string of the molecule is Cc1ccc(C(C)C)cc1OCC(=O)OCC(=O)NC(=O)NCc1ccco1. The maximum absolute atomic E-state index is 11.8. The lowest BCUT2D eigenvalue weighted by atomic mass is 10.0. The number of ether oxygens (including phenoxy) is 2. The van der Waals surface area contributed by atoms with Gasteiger partial charge in [-0.1, -0.05) is 26.0 Å². The third-order valence-electron chi connectivity index (χ3n) is 3.84. The van der Waals surface area contributed by atoms with Gasteiger partial charge in [0.2, 0.25) is 0 Å². The fraction of sp³-hybridized carbons (Fsp3) is 0.350. The van der Waals surface area contributed by atoms with Crippen LogP contribution in [0.1, 0.15) is 36.7 Å². The van der Waals surface area contributed by atoms with Gasteiger partial charge in [0.1, 0.15) is 11.5 Å². The Morgan fingerprint density at radius 2 is 1.93 bits per heavy atom. The highest BCUT2D eigenvalue weighted by Crippen LogP contribution is 2.24. The number of esters is 1. The number of urea groups is 1. The largest absolute Gasteiger partial charge is 0.482 e. The van der Waals surface area contributed by atoms with E-state index in [9.17, 15) is 14.4 Å². The van der Waals surface area contributed by atoms with Crippen molar-refractivity contribution in [1.29, 1.82) is 0 Å². The van der Waals surface area contributed by atoms with Crippen LogP contribution in [0.15, 0.2) is 41.0 Å². The summed E-state index contributed by atoms with van der Waals surface area (Å²) in [7, 11) is 0. The van der Waals surface area contributed by atoms with Gasteiger partial charge in [-0.25, -0.2) is 9.59 Å². The Morgan fingerprint density at radius 3 is 2.61 bits per heavy atom. The van der Waals surface area contributed by atoms with Crippen molar-refractivity contribution in [1.82, 2.24) is 10.6 Å². The van der Waals surface area contributed by atoms with Crippen LogP contribution in [0.5, 0.6) is 5.75 Å². The summed E-state index contributed by atoms with van der Waals surface area (Å²) in [5, 5.41) is 4.49. The summed E-state index contributed by atoms with van der Waals surface area (Å²) in [6.07, 6.45) is 1.47. The van der Waals surface area contributed by atoms with Gasteiger partial charge in [0.15, 0.2) is 13.2 Å². The Hall–Kier alpha value is -3.29. The van der Waals surface area contributed by atoms with Crippen LogP contribution in [0, 0.1) is 6.92 Å². The van der Waals surface area contributed by atoms with E-state index in [4.69, 9.17) is 13.9 Å². The maximum Gasteiger partial charge on any atom is 0.344 e. The predicted octanol–water partition coefficient (Wildman–Crippen LogP) is 2.66. The second kappa shape index (κ2) is 10.1. The number of amides is 3. The molecule has 8 nitrogen and oxygen atoms in total. The summed E-state index contributed by atoms with van der Waals surface area (Å²) in [6.45, 7) is 5.22. The molecule has 0 aliphatic heterocycles. The maximum atomic E-state index is 11.8. The number of imide groups is 1. The van der Waals surface area contributed by atoms with Gasteiger partial charge in [-0.2, -0.15) is 0 Å². The third kappa shape index (κ3) is 6.79. The second-order valence-electron chi connectivity index (χ2n) is 6.44. The highest BCUT2D eigenvalue weighted by atomic mass is 16.6. The monoisotopic (exact) mass is 388 g/mol. The first-order chi connectivity index (χ1) is 13.3. The van der Waals surface area contributed by atoms with Crippen LogP contribution < -0.4 is 15.4 Å². The Morgan fingerprint density at radius 1 is 1.14 bits per heavy atom. The van der Waals surface area contributed by atoms with Gasteiger partial charge >= 0.3 is 12.0 Å². The average molecular weight is 388 g/mol. The van der Waals surface area contributed by atoms with Gasteiger partial charge in [-0.05, 0) is 42.2 Å². The van der Waals surface area contributed by atoms with Crippen LogP contribution in [-0.4, -0.2) is 31.1 Å². The molecule has 1 aromatic heterocycles. The summed E-state index contributed by atoms with van der Waals surface area (Å²) in [4.78, 5) is 35.0. The summed E-state index contributed by atoms with van der Waals surface area (Å²) in [5.41, 5.74) is 1.98. The Kier molecular flexibility index (Phi) is 7.62. The van der Waals surface area contributed by atoms with Crippen molar-refractivity contribution < 1.29 is 28.3 Å². The van der Waals surface area contributed by atoms with Crippen molar-refractivity contribution in [3.05, 3.63) is 53.5 Å². The van der Waals surface area contributed by atoms with Gasteiger partial charge in [-0.15, -0.1) is 0 Å². The first-order valence-corrected chi connectivity index (χ1v) is 8.84. The van der Waals surface area contributed by atoms with E-state index < -0.39 is 24.5 Å². The first-order valence-electron chi connectivity index (χ1n) is 8.84. The van der Waals surface area contributed by atoms with Crippen LogP contribution in [0.2, 0.25) is 0 Å². The lowest BCUT2D eigenvalue weighted by molar-refractivity contribution is -0.150. The zero-order valence-electron chi connectivity index (χ0n) is 16.1. The number of aryl methyl sites for hydroxylation is 1. The molecule has 0 saturated heterocycles. The number of carbonyl (C=O) groups is 3. The third-order valence-corrected chi connectivity index (χ3v) is 3.84. The van der Waals surface area contributed by atoms with Gasteiger partial charge < -0.3 is 19.2 Å². The molecule has 150 valence electrons. The van der Waals surface area contributed by atoms with Crippen molar-refractivity contribution in [2.24, 2.45) is 0 Å². The van der Waals surface area contributed by atoms with Crippen LogP contribution in [0.25, 0.3) is 0 Å². The summed E-state index contributed by atoms with van der Waals surface area (Å²) >= 11 is 0. The number of carbonyl (C=O) groups excluding carboxylic acids is 3. The Bertz CT molecular complexity index is 814. The molecule has 0 atom stereocenters. The smallest absolute Gasteiger partial charge is 0.344 e. The topological polar surface area (TPSA) is 107 Å². The minimum absolute atomic E-state index is 0.133. The van der Waals surface area contributed by atoms with Gasteiger partial charge in [0.25, 0.3) is 5.91 Å². The molecule has 0 bridgehead atoms. The van der Waals surface area contributed by atoms with E-state index >= 15 is 0 Å². The Labute approximate surface area is 163 Å². The molecular weight excluding hydrogens is 364 g/mol. The van der Waals surface area contributed by atoms with Crippen molar-refractivity contribution >= 4 is 17.9 Å². The normalized spacial score (nSPS) is 10.4. The molecule has 0 aliphatic carbocycles. The molecule has 0 spiro atoms. The highest BCUT2D eigenvalue weighted by molar-refractivity contribution is 5.95. The van der Waals surface area contributed by atoms with Crippen molar-refractivity contribution in [2.45, 2.75) is 33.2 Å². The van der Waals surface area contributed by atoms with Crippen molar-refractivity contribution in [3.63, 3.8) is 0 Å². The molecule has 8 heteroatoms. The number of benzene rings is 1. The molecule has 0 unspecified atom stereocenters. The Balaban J connectivity index is 1.69. The number of hydrogen-bond acceptors (Lipinski definition) is 6. The van der Waals surface area contributed by atoms with E-state index in [0.29, 0.717) is 17.4 Å². The minimum Gasteiger partial charge on any atom is -0.482 e. The van der Waals surface area contributed by atoms with E-state index in [2.05, 4.69) is 24.5 Å². The van der Waals surface area contributed by atoms with Crippen LogP contribution in [-0.2, 0) is 20.9 Å². The highest BCUT2D eigenvalue weighted by Gasteiger charge is 2.13. The number of rotatable bonds is 8. The molecule has 0 radical (unpaired) electrons. The van der Waals surface area contributed by atoms with E-state index in [1.165, 1.54) is 6.26 Å². The van der Waals surface area contributed by atoms with Crippen molar-refractivity contribution in [3.8, 4) is 5.75 Å². The first kappa shape index (κ1) is 21.0. The molecule has 0 fully saturated rings. The molecule has 2 aromatic rings. The summed E-state index contributed by atoms with van der Waals surface area (Å²) in [5.74, 6) is 0.00853. The van der Waals surface area contributed by atoms with E-state index in [1.807, 2.05) is 25.1 Å². The molecule has 28 heavy (non-hydrogen) atoms. The lowest BCUT2D eigenvalue weighted by Gasteiger charge is -2.12. The van der Waals surface area contributed by atoms with E-state index in [-0.39, 0.29) is 13.2 Å². The standard InChI is InChI=1S/C20H24N2O6/c1-13(2)15-7-6-14(3)17(9-15)27-12-19(24)28-11-18(23)22-20(25)21-10-16-5-4-8-26-16/h4-9,13H,10-12H2,1-3H3,(H2,21,22,23,25). The molecule has 2 N–H and O–H groups in total. The molecule has 2 rings (SSSR count). The fourth-order valence-electron chi connectivity index (χ4n) is 2.24. The predicted molar refractivity (Wildman–Crippen MR) is 101 cm³/mol. The van der Waals surface area contributed by atoms with Gasteiger partial charge in [0.05, 0.1) is 12.8 Å². The molecule has 1 heterocycles. The molecular formula is C20H24N2O6. The molecule has 3 amide bonds. The van der Waals surface area contributed by atoms with Gasteiger partial charge in [-0.3, -0.25) is 10.1 Å². The lowest BCUT2D eigenvalue weighted by Crippen LogP contribution is -2.41. The number of furan rings is 1. The second-order valence-corrected chi connectivity index (χ2v) is 6.44. The van der Waals surface area contributed by atoms with Gasteiger partial charge in [0, 0.05) is 0 Å². The fourth-order valence-corrected chi connectivity index (χ4v) is 2.24. The summed E-state index contributed by atoms with van der Waals surface area (Å²) in [6, 6.07) is 8.46. The average Bonchev–Trinajstić information content (AvgIpc) is 3.17. The molecule has 1 aromatic carbocycles. The molecule has 0 saturated carbocycles. The molecule has 0 aliphatic rings. The quantitative estimate of drug-likeness (QED) is 0.674. The van der Waals surface area contributed by atoms with Crippen LogP contribution >= 0.6 is 0 Å². The van der Waals surface area contributed by atoms with Crippen molar-refractivity contribution in [2.75, 3.05) is 13.2 Å². The summed E-state index contributed by atoms with van der Waals surface area (Å²) < 4.78 is 15.4.